The van der Waals surface area contributed by atoms with Crippen molar-refractivity contribution in [3.05, 3.63) is 96.3 Å². The van der Waals surface area contributed by atoms with Crippen molar-refractivity contribution >= 4 is 24.6 Å². The largest absolute Gasteiger partial charge is 0.304 e. The van der Waals surface area contributed by atoms with E-state index in [2.05, 4.69) is 4.90 Å². The van der Waals surface area contributed by atoms with Crippen LogP contribution in [0.5, 0.6) is 0 Å². The van der Waals surface area contributed by atoms with Crippen LogP contribution >= 0.6 is 7.44 Å². The van der Waals surface area contributed by atoms with Crippen molar-refractivity contribution in [2.75, 3.05) is 35.5 Å². The smallest absolute Gasteiger partial charge is 0.284 e. The molecule has 5 rings (SSSR count). The molecular weight excluding hydrogens is 436 g/mol. The first kappa shape index (κ1) is 21.9. The summed E-state index contributed by atoms with van der Waals surface area (Å²) in [5, 5.41) is 0. The second kappa shape index (κ2) is 9.12. The summed E-state index contributed by atoms with van der Waals surface area (Å²) in [5.41, 5.74) is 2.61. The number of rotatable bonds is 5. The monoisotopic (exact) mass is 463 g/mol. The van der Waals surface area contributed by atoms with Gasteiger partial charge >= 0.3 is 0 Å². The van der Waals surface area contributed by atoms with Crippen molar-refractivity contribution in [3.8, 4) is 0 Å². The predicted octanol–water partition coefficient (Wildman–Crippen LogP) is 5.71. The quantitative estimate of drug-likeness (QED) is 0.454. The van der Waals surface area contributed by atoms with E-state index in [1.807, 2.05) is 70.0 Å². The number of nitrogens with zero attached hydrogens (tertiary/aromatic N) is 3. The number of anilines is 2. The molecule has 2 saturated heterocycles. The lowest BCUT2D eigenvalue weighted by molar-refractivity contribution is -0.121. The molecule has 0 spiro atoms. The van der Waals surface area contributed by atoms with Crippen LogP contribution in [-0.2, 0) is 9.36 Å². The number of carbonyl (C=O) groups excluding carboxylic acids is 1. The molecule has 0 bridgehead atoms. The summed E-state index contributed by atoms with van der Waals surface area (Å²) in [6.07, 6.45) is 0.878. The van der Waals surface area contributed by atoms with E-state index in [4.69, 9.17) is 0 Å². The Bertz CT molecular complexity index is 1100. The maximum Gasteiger partial charge on any atom is 0.284 e. The molecule has 0 aliphatic carbocycles. The highest BCUT2D eigenvalue weighted by Gasteiger charge is 2.52. The van der Waals surface area contributed by atoms with Crippen molar-refractivity contribution in [3.63, 3.8) is 0 Å². The Morgan fingerprint density at radius 3 is 1.67 bits per heavy atom. The van der Waals surface area contributed by atoms with E-state index in [9.17, 15) is 9.18 Å². The van der Waals surface area contributed by atoms with E-state index in [1.54, 1.807) is 12.1 Å². The van der Waals surface area contributed by atoms with Crippen molar-refractivity contribution in [1.29, 1.82) is 0 Å². The van der Waals surface area contributed by atoms with Gasteiger partial charge in [-0.05, 0) is 42.0 Å². The summed E-state index contributed by atoms with van der Waals surface area (Å²) >= 11 is 0. The molecule has 0 aromatic heterocycles. The molecule has 0 radical (unpaired) electrons. The van der Waals surface area contributed by atoms with Crippen LogP contribution < -0.4 is 9.34 Å². The van der Waals surface area contributed by atoms with Gasteiger partial charge < -0.3 is 9.34 Å². The number of carbonyl (C=O) groups is 1. The average Bonchev–Trinajstić information content (AvgIpc) is 3.20. The Labute approximate surface area is 193 Å². The highest BCUT2D eigenvalue weighted by Crippen LogP contribution is 2.69. The lowest BCUT2D eigenvalue weighted by Crippen LogP contribution is -2.40. The Morgan fingerprint density at radius 2 is 1.18 bits per heavy atom. The van der Waals surface area contributed by atoms with Crippen molar-refractivity contribution < 1.29 is 13.8 Å². The van der Waals surface area contributed by atoms with Crippen LogP contribution in [0, 0.1) is 5.82 Å². The Morgan fingerprint density at radius 1 is 0.697 bits per heavy atom. The van der Waals surface area contributed by atoms with Crippen LogP contribution in [0.2, 0.25) is 0 Å². The minimum Gasteiger partial charge on any atom is -0.304 e. The van der Waals surface area contributed by atoms with Crippen LogP contribution in [0.25, 0.3) is 0 Å². The van der Waals surface area contributed by atoms with Gasteiger partial charge in [0.1, 0.15) is 17.4 Å². The zero-order chi connectivity index (χ0) is 22.8. The molecule has 7 heteroatoms. The van der Waals surface area contributed by atoms with Gasteiger partial charge in [0.15, 0.2) is 0 Å². The number of likely N-dealkylation sites (tertiary alicyclic amines) is 1. The molecule has 3 aromatic rings. The number of hydrogen-bond acceptors (Lipinski definition) is 3. The number of piperidine rings is 1. The van der Waals surface area contributed by atoms with Crippen LogP contribution in [0.1, 0.15) is 24.2 Å². The van der Waals surface area contributed by atoms with Gasteiger partial charge in [-0.25, -0.2) is 4.39 Å². The molecule has 0 N–H and O–H groups in total. The first-order valence-corrected chi connectivity index (χ1v) is 13.0. The summed E-state index contributed by atoms with van der Waals surface area (Å²) < 4.78 is 33.4. The molecule has 2 aliphatic heterocycles. The Kier molecular flexibility index (Phi) is 6.05. The zero-order valence-corrected chi connectivity index (χ0v) is 19.3. The fourth-order valence-electron chi connectivity index (χ4n) is 4.93. The molecular formula is C26H27FN3O2P. The van der Waals surface area contributed by atoms with Crippen LogP contribution in [0.4, 0.5) is 15.8 Å². The fourth-order valence-corrected chi connectivity index (χ4v) is 8.62. The summed E-state index contributed by atoms with van der Waals surface area (Å²) in [7, 11) is -3.31. The Balaban J connectivity index is 1.68. The van der Waals surface area contributed by atoms with Gasteiger partial charge in [0.05, 0.1) is 0 Å². The molecule has 0 amide bonds. The first-order valence-electron chi connectivity index (χ1n) is 11.3. The molecule has 33 heavy (non-hydrogen) atoms. The van der Waals surface area contributed by atoms with Crippen molar-refractivity contribution in [2.24, 2.45) is 0 Å². The Hall–Kier alpha value is -2.95. The summed E-state index contributed by atoms with van der Waals surface area (Å²) in [5.74, 6) is -0.585. The molecule has 170 valence electrons. The van der Waals surface area contributed by atoms with E-state index in [0.717, 1.165) is 16.9 Å². The maximum atomic E-state index is 15.5. The normalized spacial score (nSPS) is 19.6. The molecule has 1 atom stereocenters. The first-order chi connectivity index (χ1) is 16.1. The molecule has 2 heterocycles. The van der Waals surface area contributed by atoms with E-state index >= 15 is 4.57 Å². The highest BCUT2D eigenvalue weighted by atomic mass is 31.2. The second-order valence-corrected chi connectivity index (χ2v) is 11.1. The lowest BCUT2D eigenvalue weighted by atomic mass is 10.1. The standard InChI is InChI=1S/C26H27FN3O2P/c27-22-13-11-21(12-14-22)26(28-17-15-25(31)16-18-28)33(32)29(23-7-3-1-4-8-23)19-20-30(33)24-9-5-2-6-10-24/h1-14,26H,15-20H2. The predicted molar refractivity (Wildman–Crippen MR) is 130 cm³/mol. The number of benzene rings is 3. The van der Waals surface area contributed by atoms with Gasteiger partial charge in [-0.3, -0.25) is 14.3 Å². The third-order valence-electron chi connectivity index (χ3n) is 6.51. The highest BCUT2D eigenvalue weighted by molar-refractivity contribution is 7.67. The molecule has 2 aliphatic rings. The SMILES string of the molecule is O=C1CCN(C(c2ccc(F)cc2)P2(=O)N(c3ccccc3)CCN2c2ccccc2)CC1. The van der Waals surface area contributed by atoms with Crippen molar-refractivity contribution in [2.45, 2.75) is 18.6 Å². The minimum absolute atomic E-state index is 0.230. The molecule has 2 fully saturated rings. The zero-order valence-electron chi connectivity index (χ0n) is 18.4. The third kappa shape index (κ3) is 4.09. The van der Waals surface area contributed by atoms with E-state index in [-0.39, 0.29) is 11.6 Å². The summed E-state index contributed by atoms with van der Waals surface area (Å²) in [6.45, 7) is 2.30. The van der Waals surface area contributed by atoms with Crippen LogP contribution in [-0.4, -0.2) is 36.9 Å². The summed E-state index contributed by atoms with van der Waals surface area (Å²) in [4.78, 5) is 14.2. The van der Waals surface area contributed by atoms with Gasteiger partial charge in [0.25, 0.3) is 7.44 Å². The molecule has 1 unspecified atom stereocenters. The second-order valence-electron chi connectivity index (χ2n) is 8.51. The number of halogens is 1. The topological polar surface area (TPSA) is 43.9 Å². The van der Waals surface area contributed by atoms with Gasteiger partial charge in [0.2, 0.25) is 0 Å². The lowest BCUT2D eigenvalue weighted by Gasteiger charge is -2.44. The van der Waals surface area contributed by atoms with Crippen LogP contribution in [0.15, 0.2) is 84.9 Å². The van der Waals surface area contributed by atoms with Crippen molar-refractivity contribution in [1.82, 2.24) is 4.90 Å². The van der Waals surface area contributed by atoms with E-state index in [1.165, 1.54) is 12.1 Å². The number of Topliss-reactive ketones (excluding diaryl/α,β-unsaturated/α-hetero) is 1. The van der Waals surface area contributed by atoms with E-state index < -0.39 is 13.2 Å². The molecule has 0 saturated carbocycles. The maximum absolute atomic E-state index is 15.5. The van der Waals surface area contributed by atoms with Gasteiger partial charge in [-0.2, -0.15) is 0 Å². The number of para-hydroxylation sites is 2. The van der Waals surface area contributed by atoms with E-state index in [0.29, 0.717) is 39.0 Å². The third-order valence-corrected chi connectivity index (χ3v) is 10.0. The van der Waals surface area contributed by atoms with Crippen LogP contribution in [0.3, 0.4) is 0 Å². The summed E-state index contributed by atoms with van der Waals surface area (Å²) in [6, 6.07) is 26.0. The molecule has 3 aromatic carbocycles. The van der Waals surface area contributed by atoms with Gasteiger partial charge in [0, 0.05) is 50.4 Å². The minimum atomic E-state index is -3.31. The fraction of sp³-hybridized carbons (Fsp3) is 0.269. The number of hydrogen-bond donors (Lipinski definition) is 0. The molecule has 5 nitrogen and oxygen atoms in total. The van der Waals surface area contributed by atoms with Gasteiger partial charge in [-0.1, -0.05) is 48.5 Å². The average molecular weight is 463 g/mol. The van der Waals surface area contributed by atoms with Gasteiger partial charge in [-0.15, -0.1) is 0 Å². The number of ketones is 1.